The lowest BCUT2D eigenvalue weighted by Gasteiger charge is -2.21. The normalized spacial score (nSPS) is 16.6. The van der Waals surface area contributed by atoms with Crippen molar-refractivity contribution < 1.29 is 17.1 Å². The standard InChI is InChI=1S/C14H19FN2O3S/c15-21(19,20)13-3-1-11(2-4-13)5-10-17-14(18)12-6-8-16-9-7-12/h1-4,12,16H,5-10H2,(H,17,18). The Morgan fingerprint density at radius 1 is 1.24 bits per heavy atom. The van der Waals surface area contributed by atoms with Crippen molar-refractivity contribution in [3.05, 3.63) is 29.8 Å². The summed E-state index contributed by atoms with van der Waals surface area (Å²) >= 11 is 0. The third kappa shape index (κ3) is 4.78. The number of nitrogens with one attached hydrogen (secondary N) is 2. The van der Waals surface area contributed by atoms with Gasteiger partial charge in [0.2, 0.25) is 5.91 Å². The molecule has 5 nitrogen and oxygen atoms in total. The Bertz CT molecular complexity index is 581. The van der Waals surface area contributed by atoms with Crippen LogP contribution in [0.3, 0.4) is 0 Å². The van der Waals surface area contributed by atoms with Crippen LogP contribution >= 0.6 is 0 Å². The molecular formula is C14H19FN2O3S. The fourth-order valence-corrected chi connectivity index (χ4v) is 2.84. The van der Waals surface area contributed by atoms with E-state index in [1.807, 2.05) is 0 Å². The molecule has 1 heterocycles. The van der Waals surface area contributed by atoms with Gasteiger partial charge in [0.25, 0.3) is 0 Å². The molecule has 1 aliphatic rings. The zero-order valence-corrected chi connectivity index (χ0v) is 12.5. The first kappa shape index (κ1) is 15.9. The van der Waals surface area contributed by atoms with Crippen LogP contribution in [-0.2, 0) is 21.4 Å². The Hall–Kier alpha value is -1.47. The predicted octanol–water partition coefficient (Wildman–Crippen LogP) is 1.00. The summed E-state index contributed by atoms with van der Waals surface area (Å²) in [6.45, 7) is 2.24. The van der Waals surface area contributed by atoms with Gasteiger partial charge in [-0.25, -0.2) is 0 Å². The number of carbonyl (C=O) groups excluding carboxylic acids is 1. The van der Waals surface area contributed by atoms with Gasteiger partial charge in [-0.15, -0.1) is 3.89 Å². The molecule has 1 saturated heterocycles. The second-order valence-electron chi connectivity index (χ2n) is 5.15. The van der Waals surface area contributed by atoms with Gasteiger partial charge in [0.15, 0.2) is 0 Å². The van der Waals surface area contributed by atoms with Crippen LogP contribution in [0.25, 0.3) is 0 Å². The van der Waals surface area contributed by atoms with Gasteiger partial charge in [-0.3, -0.25) is 4.79 Å². The Labute approximate surface area is 124 Å². The van der Waals surface area contributed by atoms with Gasteiger partial charge >= 0.3 is 10.2 Å². The van der Waals surface area contributed by atoms with E-state index in [1.165, 1.54) is 12.1 Å². The van der Waals surface area contributed by atoms with E-state index in [2.05, 4.69) is 10.6 Å². The second-order valence-corrected chi connectivity index (χ2v) is 6.49. The van der Waals surface area contributed by atoms with Crippen molar-refractivity contribution in [2.75, 3.05) is 19.6 Å². The molecule has 0 bridgehead atoms. The van der Waals surface area contributed by atoms with E-state index in [0.717, 1.165) is 31.5 Å². The summed E-state index contributed by atoms with van der Waals surface area (Å²) in [5.74, 6) is 0.143. The molecule has 1 amide bonds. The molecule has 0 radical (unpaired) electrons. The molecule has 0 aromatic heterocycles. The molecule has 116 valence electrons. The number of piperidine rings is 1. The number of carbonyl (C=O) groups is 1. The number of benzene rings is 1. The minimum atomic E-state index is -4.64. The quantitative estimate of drug-likeness (QED) is 0.795. The summed E-state index contributed by atoms with van der Waals surface area (Å²) in [6, 6.07) is 5.59. The maximum absolute atomic E-state index is 12.7. The first-order chi connectivity index (χ1) is 9.97. The maximum atomic E-state index is 12.7. The van der Waals surface area contributed by atoms with Crippen molar-refractivity contribution in [3.63, 3.8) is 0 Å². The molecule has 21 heavy (non-hydrogen) atoms. The van der Waals surface area contributed by atoms with E-state index in [-0.39, 0.29) is 16.7 Å². The van der Waals surface area contributed by atoms with Crippen molar-refractivity contribution in [2.45, 2.75) is 24.2 Å². The van der Waals surface area contributed by atoms with Crippen molar-refractivity contribution in [1.29, 1.82) is 0 Å². The van der Waals surface area contributed by atoms with E-state index in [4.69, 9.17) is 0 Å². The average Bonchev–Trinajstić information content (AvgIpc) is 2.47. The molecule has 2 rings (SSSR count). The maximum Gasteiger partial charge on any atom is 0.332 e. The summed E-state index contributed by atoms with van der Waals surface area (Å²) < 4.78 is 34.1. The summed E-state index contributed by atoms with van der Waals surface area (Å²) in [6.07, 6.45) is 2.30. The van der Waals surface area contributed by atoms with Crippen LogP contribution in [0.1, 0.15) is 18.4 Å². The van der Waals surface area contributed by atoms with E-state index < -0.39 is 10.2 Å². The van der Waals surface area contributed by atoms with Crippen LogP contribution in [0, 0.1) is 5.92 Å². The van der Waals surface area contributed by atoms with Gasteiger partial charge in [-0.05, 0) is 50.0 Å². The Balaban J connectivity index is 1.79. The summed E-state index contributed by atoms with van der Waals surface area (Å²) in [7, 11) is -4.64. The smallest absolute Gasteiger partial charge is 0.332 e. The van der Waals surface area contributed by atoms with Gasteiger partial charge in [0.1, 0.15) is 0 Å². The fourth-order valence-electron chi connectivity index (χ4n) is 2.38. The van der Waals surface area contributed by atoms with Crippen molar-refractivity contribution >= 4 is 16.1 Å². The highest BCUT2D eigenvalue weighted by atomic mass is 32.3. The Kier molecular flexibility index (Phi) is 5.30. The Morgan fingerprint density at radius 3 is 2.43 bits per heavy atom. The average molecular weight is 314 g/mol. The summed E-state index contributed by atoms with van der Waals surface area (Å²) in [5.41, 5.74) is 0.855. The van der Waals surface area contributed by atoms with Gasteiger partial charge in [0.05, 0.1) is 4.90 Å². The topological polar surface area (TPSA) is 75.3 Å². The highest BCUT2D eigenvalue weighted by molar-refractivity contribution is 7.86. The molecule has 1 aromatic rings. The minimum Gasteiger partial charge on any atom is -0.356 e. The van der Waals surface area contributed by atoms with E-state index >= 15 is 0 Å². The lowest BCUT2D eigenvalue weighted by molar-refractivity contribution is -0.125. The lowest BCUT2D eigenvalue weighted by Crippen LogP contribution is -2.38. The summed E-state index contributed by atoms with van der Waals surface area (Å²) in [5, 5.41) is 6.10. The van der Waals surface area contributed by atoms with Gasteiger partial charge in [-0.1, -0.05) is 12.1 Å². The zero-order valence-electron chi connectivity index (χ0n) is 11.6. The van der Waals surface area contributed by atoms with Crippen LogP contribution in [-0.4, -0.2) is 34.0 Å². The monoisotopic (exact) mass is 314 g/mol. The predicted molar refractivity (Wildman–Crippen MR) is 77.0 cm³/mol. The van der Waals surface area contributed by atoms with Crippen LogP contribution in [0.2, 0.25) is 0 Å². The number of amides is 1. The third-order valence-electron chi connectivity index (χ3n) is 3.63. The number of rotatable bonds is 5. The highest BCUT2D eigenvalue weighted by Crippen LogP contribution is 2.14. The largest absolute Gasteiger partial charge is 0.356 e. The third-order valence-corrected chi connectivity index (χ3v) is 4.46. The first-order valence-corrected chi connectivity index (χ1v) is 8.37. The van der Waals surface area contributed by atoms with Gasteiger partial charge in [-0.2, -0.15) is 8.42 Å². The van der Waals surface area contributed by atoms with Crippen LogP contribution in [0.5, 0.6) is 0 Å². The van der Waals surface area contributed by atoms with E-state index in [1.54, 1.807) is 12.1 Å². The number of hydrogen-bond donors (Lipinski definition) is 2. The molecule has 1 aliphatic heterocycles. The highest BCUT2D eigenvalue weighted by Gasteiger charge is 2.20. The van der Waals surface area contributed by atoms with Crippen molar-refractivity contribution in [3.8, 4) is 0 Å². The zero-order chi connectivity index (χ0) is 15.3. The number of halogens is 1. The van der Waals surface area contributed by atoms with E-state index in [0.29, 0.717) is 13.0 Å². The van der Waals surface area contributed by atoms with Crippen molar-refractivity contribution in [2.24, 2.45) is 5.92 Å². The molecule has 0 atom stereocenters. The molecule has 0 aliphatic carbocycles. The molecule has 0 spiro atoms. The molecule has 1 aromatic carbocycles. The first-order valence-electron chi connectivity index (χ1n) is 6.99. The fraction of sp³-hybridized carbons (Fsp3) is 0.500. The van der Waals surface area contributed by atoms with Crippen molar-refractivity contribution in [1.82, 2.24) is 10.6 Å². The van der Waals surface area contributed by atoms with E-state index in [9.17, 15) is 17.1 Å². The molecule has 7 heteroatoms. The number of hydrogen-bond acceptors (Lipinski definition) is 4. The second kappa shape index (κ2) is 7.00. The Morgan fingerprint density at radius 2 is 1.86 bits per heavy atom. The molecular weight excluding hydrogens is 295 g/mol. The lowest BCUT2D eigenvalue weighted by atomic mass is 9.97. The SMILES string of the molecule is O=C(NCCc1ccc(S(=O)(=O)F)cc1)C1CCNCC1. The van der Waals surface area contributed by atoms with Gasteiger partial charge < -0.3 is 10.6 Å². The minimum absolute atomic E-state index is 0.0689. The summed E-state index contributed by atoms with van der Waals surface area (Å²) in [4.78, 5) is 11.6. The van der Waals surface area contributed by atoms with Gasteiger partial charge in [0, 0.05) is 12.5 Å². The van der Waals surface area contributed by atoms with Crippen LogP contribution in [0.4, 0.5) is 3.89 Å². The molecule has 2 N–H and O–H groups in total. The van der Waals surface area contributed by atoms with Crippen LogP contribution < -0.4 is 10.6 Å². The molecule has 0 unspecified atom stereocenters. The molecule has 1 fully saturated rings. The van der Waals surface area contributed by atoms with Crippen LogP contribution in [0.15, 0.2) is 29.2 Å². The molecule has 0 saturated carbocycles.